The normalized spacial score (nSPS) is 36.2. The summed E-state index contributed by atoms with van der Waals surface area (Å²) in [5.74, 6) is 2.03. The van der Waals surface area contributed by atoms with Crippen molar-refractivity contribution in [3.63, 3.8) is 0 Å². The first-order valence-electron chi connectivity index (χ1n) is 6.14. The van der Waals surface area contributed by atoms with Crippen molar-refractivity contribution in [3.05, 3.63) is 0 Å². The largest absolute Gasteiger partial charge is 0.481 e. The van der Waals surface area contributed by atoms with E-state index in [0.717, 1.165) is 17.6 Å². The standard InChI is InChI=1S/C12H20O3S/c1-8(12(13)14)6-16(15)7-11-5-9-2-3-10(11)4-9/h8-11H,2-7H2,1H3,(H,13,14). The lowest BCUT2D eigenvalue weighted by Gasteiger charge is -2.21. The van der Waals surface area contributed by atoms with Crippen molar-refractivity contribution in [3.8, 4) is 0 Å². The highest BCUT2D eigenvalue weighted by Crippen LogP contribution is 2.48. The maximum atomic E-state index is 11.8. The molecule has 0 aromatic carbocycles. The average molecular weight is 244 g/mol. The van der Waals surface area contributed by atoms with Gasteiger partial charge in [0.1, 0.15) is 0 Å². The summed E-state index contributed by atoms with van der Waals surface area (Å²) in [5, 5.41) is 8.76. The first-order chi connectivity index (χ1) is 7.56. The first kappa shape index (κ1) is 12.1. The van der Waals surface area contributed by atoms with Crippen LogP contribution in [0, 0.1) is 23.7 Å². The maximum Gasteiger partial charge on any atom is 0.307 e. The Labute approximate surface area is 99.1 Å². The average Bonchev–Trinajstić information content (AvgIpc) is 2.78. The van der Waals surface area contributed by atoms with Crippen LogP contribution < -0.4 is 0 Å². The second-order valence-electron chi connectivity index (χ2n) is 5.45. The Morgan fingerprint density at radius 3 is 2.69 bits per heavy atom. The van der Waals surface area contributed by atoms with Gasteiger partial charge in [0.25, 0.3) is 0 Å². The SMILES string of the molecule is CC(CS(=O)CC1CC2CCC1C2)C(=O)O. The van der Waals surface area contributed by atoms with Crippen molar-refractivity contribution < 1.29 is 14.1 Å². The van der Waals surface area contributed by atoms with E-state index in [0.29, 0.717) is 11.7 Å². The van der Waals surface area contributed by atoms with Crippen LogP contribution in [0.5, 0.6) is 0 Å². The summed E-state index contributed by atoms with van der Waals surface area (Å²) >= 11 is 0. The number of carboxylic acids is 1. The predicted octanol–water partition coefficient (Wildman–Crippen LogP) is 1.89. The van der Waals surface area contributed by atoms with E-state index < -0.39 is 22.7 Å². The third kappa shape index (κ3) is 2.65. The van der Waals surface area contributed by atoms with E-state index in [1.807, 2.05) is 0 Å². The Balaban J connectivity index is 1.77. The Kier molecular flexibility index (Phi) is 3.67. The van der Waals surface area contributed by atoms with Gasteiger partial charge in [-0.15, -0.1) is 0 Å². The molecule has 0 heterocycles. The maximum absolute atomic E-state index is 11.8. The molecule has 2 bridgehead atoms. The van der Waals surface area contributed by atoms with E-state index >= 15 is 0 Å². The lowest BCUT2D eigenvalue weighted by Crippen LogP contribution is -2.24. The minimum atomic E-state index is -0.943. The van der Waals surface area contributed by atoms with E-state index in [1.54, 1.807) is 6.92 Å². The quantitative estimate of drug-likeness (QED) is 0.803. The van der Waals surface area contributed by atoms with Crippen LogP contribution in [0.2, 0.25) is 0 Å². The summed E-state index contributed by atoms with van der Waals surface area (Å²) in [6.07, 6.45) is 5.23. The molecule has 2 aliphatic rings. The molecule has 0 aromatic rings. The predicted molar refractivity (Wildman–Crippen MR) is 63.6 cm³/mol. The number of carbonyl (C=O) groups is 1. The zero-order chi connectivity index (χ0) is 11.7. The number of hydrogen-bond acceptors (Lipinski definition) is 2. The zero-order valence-corrected chi connectivity index (χ0v) is 10.5. The molecule has 0 aromatic heterocycles. The summed E-state index contributed by atoms with van der Waals surface area (Å²) in [5.41, 5.74) is 0. The van der Waals surface area contributed by atoms with Gasteiger partial charge in [-0.3, -0.25) is 9.00 Å². The van der Waals surface area contributed by atoms with E-state index in [4.69, 9.17) is 5.11 Å². The van der Waals surface area contributed by atoms with E-state index in [2.05, 4.69) is 0 Å². The van der Waals surface area contributed by atoms with Crippen LogP contribution in [0.1, 0.15) is 32.6 Å². The van der Waals surface area contributed by atoms with Gasteiger partial charge < -0.3 is 5.11 Å². The molecule has 4 heteroatoms. The number of carboxylic acid groups (broad SMARTS) is 1. The second-order valence-corrected chi connectivity index (χ2v) is 6.99. The molecule has 2 fully saturated rings. The van der Waals surface area contributed by atoms with Gasteiger partial charge in [0.2, 0.25) is 0 Å². The Morgan fingerprint density at radius 2 is 2.19 bits per heavy atom. The highest BCUT2D eigenvalue weighted by atomic mass is 32.2. The van der Waals surface area contributed by atoms with Crippen molar-refractivity contribution in [2.75, 3.05) is 11.5 Å². The van der Waals surface area contributed by atoms with Gasteiger partial charge in [-0.1, -0.05) is 13.3 Å². The highest BCUT2D eigenvalue weighted by Gasteiger charge is 2.40. The van der Waals surface area contributed by atoms with Crippen LogP contribution in [0.3, 0.4) is 0 Å². The van der Waals surface area contributed by atoms with Gasteiger partial charge in [0.15, 0.2) is 0 Å². The fourth-order valence-electron chi connectivity index (χ4n) is 3.24. The fourth-order valence-corrected chi connectivity index (χ4v) is 4.96. The lowest BCUT2D eigenvalue weighted by molar-refractivity contribution is -0.140. The first-order valence-corrected chi connectivity index (χ1v) is 7.63. The van der Waals surface area contributed by atoms with Crippen LogP contribution in [0.4, 0.5) is 0 Å². The molecular weight excluding hydrogens is 224 g/mol. The molecule has 92 valence electrons. The van der Waals surface area contributed by atoms with E-state index in [-0.39, 0.29) is 0 Å². The van der Waals surface area contributed by atoms with Gasteiger partial charge >= 0.3 is 5.97 Å². The minimum absolute atomic E-state index is 0.323. The molecule has 0 amide bonds. The van der Waals surface area contributed by atoms with Gasteiger partial charge in [0, 0.05) is 22.3 Å². The van der Waals surface area contributed by atoms with Crippen molar-refractivity contribution >= 4 is 16.8 Å². The molecular formula is C12H20O3S. The summed E-state index contributed by atoms with van der Waals surface area (Å²) in [6, 6.07) is 0. The Hall–Kier alpha value is -0.380. The molecule has 5 atom stereocenters. The van der Waals surface area contributed by atoms with Gasteiger partial charge in [-0.2, -0.15) is 0 Å². The van der Waals surface area contributed by atoms with Gasteiger partial charge in [0.05, 0.1) is 5.92 Å². The molecule has 2 saturated carbocycles. The Bertz CT molecular complexity index is 303. The topological polar surface area (TPSA) is 54.4 Å². The third-order valence-corrected chi connectivity index (χ3v) is 5.81. The molecule has 2 aliphatic carbocycles. The Morgan fingerprint density at radius 1 is 1.44 bits per heavy atom. The summed E-state index contributed by atoms with van der Waals surface area (Å²) < 4.78 is 11.8. The number of rotatable bonds is 5. The van der Waals surface area contributed by atoms with Crippen LogP contribution >= 0.6 is 0 Å². The van der Waals surface area contributed by atoms with Crippen molar-refractivity contribution in [2.45, 2.75) is 32.6 Å². The van der Waals surface area contributed by atoms with Crippen molar-refractivity contribution in [2.24, 2.45) is 23.7 Å². The molecule has 16 heavy (non-hydrogen) atoms. The van der Waals surface area contributed by atoms with Crippen LogP contribution in [-0.2, 0) is 15.6 Å². The third-order valence-electron chi connectivity index (χ3n) is 4.14. The summed E-state index contributed by atoms with van der Waals surface area (Å²) in [6.45, 7) is 1.64. The molecule has 1 N–H and O–H groups in total. The minimum Gasteiger partial charge on any atom is -0.481 e. The van der Waals surface area contributed by atoms with Crippen molar-refractivity contribution in [1.29, 1.82) is 0 Å². The van der Waals surface area contributed by atoms with Gasteiger partial charge in [-0.25, -0.2) is 0 Å². The monoisotopic (exact) mass is 244 g/mol. The van der Waals surface area contributed by atoms with E-state index in [1.165, 1.54) is 25.7 Å². The highest BCUT2D eigenvalue weighted by molar-refractivity contribution is 7.85. The number of aliphatic carboxylic acids is 1. The molecule has 0 spiro atoms. The lowest BCUT2D eigenvalue weighted by atomic mass is 9.90. The van der Waals surface area contributed by atoms with Gasteiger partial charge in [-0.05, 0) is 37.0 Å². The zero-order valence-electron chi connectivity index (χ0n) is 9.72. The molecule has 0 radical (unpaired) electrons. The second kappa shape index (κ2) is 4.86. The van der Waals surface area contributed by atoms with Crippen molar-refractivity contribution in [1.82, 2.24) is 0 Å². The smallest absolute Gasteiger partial charge is 0.307 e. The number of fused-ring (bicyclic) bond motifs is 2. The molecule has 5 unspecified atom stereocenters. The van der Waals surface area contributed by atoms with E-state index in [9.17, 15) is 9.00 Å². The number of hydrogen-bond donors (Lipinski definition) is 1. The molecule has 0 saturated heterocycles. The molecule has 3 nitrogen and oxygen atoms in total. The van der Waals surface area contributed by atoms with Crippen LogP contribution in [0.25, 0.3) is 0 Å². The molecule has 2 rings (SSSR count). The fraction of sp³-hybridized carbons (Fsp3) is 0.917. The summed E-state index contributed by atoms with van der Waals surface area (Å²) in [4.78, 5) is 10.7. The summed E-state index contributed by atoms with van der Waals surface area (Å²) in [7, 11) is -0.943. The van der Waals surface area contributed by atoms with Crippen LogP contribution in [-0.4, -0.2) is 26.8 Å². The molecule has 0 aliphatic heterocycles. The van der Waals surface area contributed by atoms with Crippen LogP contribution in [0.15, 0.2) is 0 Å².